The molecule has 0 aliphatic rings. The minimum atomic E-state index is -3.59. The molecule has 0 saturated heterocycles. The third-order valence-electron chi connectivity index (χ3n) is 3.61. The molecule has 2 aromatic rings. The Morgan fingerprint density at radius 1 is 1.32 bits per heavy atom. The molecule has 0 amide bonds. The quantitative estimate of drug-likeness (QED) is 0.671. The number of pyridine rings is 1. The van der Waals surface area contributed by atoms with Crippen LogP contribution < -0.4 is 10.5 Å². The summed E-state index contributed by atoms with van der Waals surface area (Å²) in [6.07, 6.45) is 3.16. The van der Waals surface area contributed by atoms with Crippen LogP contribution in [-0.2, 0) is 23.2 Å². The Labute approximate surface area is 156 Å². The number of hydrogen-bond donors (Lipinski definition) is 1. The first-order valence-electron chi connectivity index (χ1n) is 7.55. The molecule has 9 heteroatoms. The van der Waals surface area contributed by atoms with Gasteiger partial charge in [0.1, 0.15) is 6.54 Å². The Morgan fingerprint density at radius 3 is 2.60 bits per heavy atom. The number of quaternary nitrogens is 1. The van der Waals surface area contributed by atoms with Crippen molar-refractivity contribution in [2.24, 2.45) is 0 Å². The van der Waals surface area contributed by atoms with Crippen molar-refractivity contribution in [3.8, 4) is 0 Å². The van der Waals surface area contributed by atoms with Crippen LogP contribution in [0.3, 0.4) is 0 Å². The van der Waals surface area contributed by atoms with Gasteiger partial charge in [-0.2, -0.15) is 0 Å². The summed E-state index contributed by atoms with van der Waals surface area (Å²) in [5.74, 6) is 0. The number of hydrogen-bond acceptors (Lipinski definition) is 4. The second-order valence-corrected chi connectivity index (χ2v) is 9.70. The van der Waals surface area contributed by atoms with E-state index >= 15 is 0 Å². The average molecular weight is 403 g/mol. The predicted molar refractivity (Wildman–Crippen MR) is 101 cm³/mol. The third-order valence-corrected chi connectivity index (χ3v) is 6.64. The molecule has 0 spiro atoms. The Balaban J connectivity index is 2.29. The summed E-state index contributed by atoms with van der Waals surface area (Å²) >= 11 is 7.46. The summed E-state index contributed by atoms with van der Waals surface area (Å²) in [5, 5.41) is 0. The maximum Gasteiger partial charge on any atom is 0.254 e. The first-order chi connectivity index (χ1) is 11.7. The van der Waals surface area contributed by atoms with Gasteiger partial charge in [0.25, 0.3) is 5.56 Å². The number of aromatic nitrogens is 1. The van der Waals surface area contributed by atoms with E-state index < -0.39 is 10.0 Å². The molecule has 0 fully saturated rings. The fourth-order valence-electron chi connectivity index (χ4n) is 2.33. The van der Waals surface area contributed by atoms with Crippen LogP contribution in [0.2, 0.25) is 4.34 Å². The number of sulfonamides is 1. The lowest BCUT2D eigenvalue weighted by molar-refractivity contribution is -0.930. The molecule has 2 aromatic heterocycles. The zero-order valence-electron chi connectivity index (χ0n) is 14.1. The van der Waals surface area contributed by atoms with Gasteiger partial charge in [-0.05, 0) is 24.3 Å². The van der Waals surface area contributed by atoms with Crippen molar-refractivity contribution in [3.05, 3.63) is 62.7 Å². The van der Waals surface area contributed by atoms with Crippen LogP contribution in [0.5, 0.6) is 0 Å². The van der Waals surface area contributed by atoms with E-state index in [1.54, 1.807) is 6.08 Å². The summed E-state index contributed by atoms with van der Waals surface area (Å²) in [6.45, 7) is 5.39. The van der Waals surface area contributed by atoms with Gasteiger partial charge in [0.05, 0.1) is 20.7 Å². The number of nitrogens with zero attached hydrogens (tertiary/aromatic N) is 2. The van der Waals surface area contributed by atoms with Crippen molar-refractivity contribution in [3.63, 3.8) is 0 Å². The zero-order valence-corrected chi connectivity index (χ0v) is 16.5. The first-order valence-corrected chi connectivity index (χ1v) is 10.2. The SMILES string of the molecule is C=CC[NH+](Cc1ccc(Cl)s1)Cn1cc(S(=O)(=O)N(C)C)ccc1=O. The molecule has 1 unspecified atom stereocenters. The molecule has 0 saturated carbocycles. The monoisotopic (exact) mass is 402 g/mol. The molecule has 0 aliphatic carbocycles. The van der Waals surface area contributed by atoms with Gasteiger partial charge >= 0.3 is 0 Å². The molecule has 0 aliphatic heterocycles. The molecule has 6 nitrogen and oxygen atoms in total. The van der Waals surface area contributed by atoms with Crippen LogP contribution in [0.1, 0.15) is 4.88 Å². The first kappa shape index (κ1) is 19.9. The summed E-state index contributed by atoms with van der Waals surface area (Å²) < 4.78 is 27.8. The normalized spacial score (nSPS) is 13.1. The smallest absolute Gasteiger partial charge is 0.254 e. The Morgan fingerprint density at radius 2 is 2.04 bits per heavy atom. The van der Waals surface area contributed by atoms with E-state index in [1.165, 1.54) is 48.3 Å². The highest BCUT2D eigenvalue weighted by Gasteiger charge is 2.19. The van der Waals surface area contributed by atoms with E-state index in [1.807, 2.05) is 12.1 Å². The van der Waals surface area contributed by atoms with Crippen molar-refractivity contribution < 1.29 is 13.3 Å². The van der Waals surface area contributed by atoms with E-state index in [0.29, 0.717) is 24.1 Å². The lowest BCUT2D eigenvalue weighted by Gasteiger charge is -2.19. The van der Waals surface area contributed by atoms with E-state index in [4.69, 9.17) is 11.6 Å². The van der Waals surface area contributed by atoms with E-state index in [-0.39, 0.29) is 10.5 Å². The van der Waals surface area contributed by atoms with Crippen LogP contribution in [-0.4, -0.2) is 37.9 Å². The van der Waals surface area contributed by atoms with Crippen LogP contribution in [0.15, 0.2) is 52.8 Å². The van der Waals surface area contributed by atoms with E-state index in [2.05, 4.69) is 6.58 Å². The van der Waals surface area contributed by atoms with Crippen molar-refractivity contribution in [2.45, 2.75) is 18.1 Å². The maximum atomic E-state index is 12.3. The highest BCUT2D eigenvalue weighted by atomic mass is 35.5. The fraction of sp³-hybridized carbons (Fsp3) is 0.312. The van der Waals surface area contributed by atoms with Gasteiger partial charge in [-0.25, -0.2) is 12.7 Å². The zero-order chi connectivity index (χ0) is 18.6. The van der Waals surface area contributed by atoms with Gasteiger partial charge in [0.2, 0.25) is 10.0 Å². The molecule has 136 valence electrons. The molecule has 0 radical (unpaired) electrons. The largest absolute Gasteiger partial charge is 0.310 e. The second-order valence-electron chi connectivity index (χ2n) is 5.74. The maximum absolute atomic E-state index is 12.3. The minimum absolute atomic E-state index is 0.0919. The molecule has 2 rings (SSSR count). The summed E-state index contributed by atoms with van der Waals surface area (Å²) in [4.78, 5) is 14.4. The van der Waals surface area contributed by atoms with Gasteiger partial charge in [0.15, 0.2) is 6.67 Å². The van der Waals surface area contributed by atoms with Crippen LogP contribution in [0, 0.1) is 0 Å². The van der Waals surface area contributed by atoms with Gasteiger partial charge in [-0.15, -0.1) is 11.3 Å². The van der Waals surface area contributed by atoms with Crippen LogP contribution in [0.25, 0.3) is 0 Å². The molecule has 1 atom stereocenters. The number of halogens is 1. The van der Waals surface area contributed by atoms with Crippen LogP contribution in [0.4, 0.5) is 0 Å². The van der Waals surface area contributed by atoms with Crippen molar-refractivity contribution >= 4 is 33.0 Å². The Hall–Kier alpha value is -1.45. The third kappa shape index (κ3) is 5.02. The number of nitrogens with one attached hydrogen (secondary N) is 1. The van der Waals surface area contributed by atoms with E-state index in [9.17, 15) is 13.2 Å². The van der Waals surface area contributed by atoms with Crippen molar-refractivity contribution in [2.75, 3.05) is 20.6 Å². The lowest BCUT2D eigenvalue weighted by atomic mass is 10.4. The Bertz CT molecular complexity index is 903. The molecule has 2 heterocycles. The summed E-state index contributed by atoms with van der Waals surface area (Å²) in [5.41, 5.74) is -0.247. The van der Waals surface area contributed by atoms with E-state index in [0.717, 1.165) is 14.1 Å². The minimum Gasteiger partial charge on any atom is -0.310 e. The highest BCUT2D eigenvalue weighted by Crippen LogP contribution is 2.20. The summed E-state index contributed by atoms with van der Waals surface area (Å²) in [6, 6.07) is 6.40. The van der Waals surface area contributed by atoms with Gasteiger partial charge in [-0.3, -0.25) is 9.36 Å². The lowest BCUT2D eigenvalue weighted by Crippen LogP contribution is -3.10. The van der Waals surface area contributed by atoms with Crippen molar-refractivity contribution in [1.29, 1.82) is 0 Å². The summed E-state index contributed by atoms with van der Waals surface area (Å²) in [7, 11) is -0.673. The topological polar surface area (TPSA) is 63.8 Å². The molecule has 1 N–H and O–H groups in total. The van der Waals surface area contributed by atoms with Crippen LogP contribution >= 0.6 is 22.9 Å². The molecule has 0 aromatic carbocycles. The molecular weight excluding hydrogens is 382 g/mol. The average Bonchev–Trinajstić information content (AvgIpc) is 2.94. The molecular formula is C16H21ClN3O3S2+. The number of thiophene rings is 1. The van der Waals surface area contributed by atoms with Gasteiger partial charge in [0, 0.05) is 26.4 Å². The molecule has 25 heavy (non-hydrogen) atoms. The Kier molecular flexibility index (Phi) is 6.59. The van der Waals surface area contributed by atoms with Crippen molar-refractivity contribution in [1.82, 2.24) is 8.87 Å². The standard InChI is InChI=1S/C16H20ClN3O3S2/c1-4-9-19(10-13-5-7-15(17)24-13)12-20-11-14(6-8-16(20)21)25(22,23)18(2)3/h4-8,11H,1,9-10,12H2,2-3H3/p+1. The van der Waals surface area contributed by atoms with Gasteiger partial charge in [-0.1, -0.05) is 18.2 Å². The predicted octanol–water partition coefficient (Wildman–Crippen LogP) is 1.04. The fourth-order valence-corrected chi connectivity index (χ4v) is 4.41. The van der Waals surface area contributed by atoms with Gasteiger partial charge < -0.3 is 4.90 Å². The highest BCUT2D eigenvalue weighted by molar-refractivity contribution is 7.89. The second kappa shape index (κ2) is 8.29. The molecule has 0 bridgehead atoms. The number of rotatable bonds is 8.